The molecule has 0 unspecified atom stereocenters. The number of ether oxygens (including phenoxy) is 1. The van der Waals surface area contributed by atoms with Gasteiger partial charge in [-0.2, -0.15) is 4.31 Å². The Morgan fingerprint density at radius 3 is 2.30 bits per heavy atom. The first-order valence-electron chi connectivity index (χ1n) is 11.0. The molecule has 8 heteroatoms. The van der Waals surface area contributed by atoms with Gasteiger partial charge in [0.25, 0.3) is 0 Å². The second-order valence-corrected chi connectivity index (χ2v) is 11.4. The van der Waals surface area contributed by atoms with E-state index in [-0.39, 0.29) is 41.0 Å². The van der Waals surface area contributed by atoms with Gasteiger partial charge >= 0.3 is 0 Å². The lowest BCUT2D eigenvalue weighted by atomic mass is 9.86. The number of anilines is 1. The molecule has 1 amide bonds. The van der Waals surface area contributed by atoms with Gasteiger partial charge in [0, 0.05) is 24.6 Å². The molecule has 2 aromatic carbocycles. The minimum absolute atomic E-state index is 0.0782. The molecule has 3 rings (SSSR count). The van der Waals surface area contributed by atoms with Gasteiger partial charge in [0.1, 0.15) is 5.75 Å². The summed E-state index contributed by atoms with van der Waals surface area (Å²) < 4.78 is 32.9. The van der Waals surface area contributed by atoms with E-state index in [2.05, 4.69) is 26.1 Å². The Labute approximate surface area is 196 Å². The molecule has 1 fully saturated rings. The van der Waals surface area contributed by atoms with E-state index < -0.39 is 10.0 Å². The lowest BCUT2D eigenvalue weighted by Gasteiger charge is -2.31. The predicted octanol–water partition coefficient (Wildman–Crippen LogP) is 4.23. The summed E-state index contributed by atoms with van der Waals surface area (Å²) in [5.74, 6) is -0.0481. The first kappa shape index (κ1) is 24.9. The number of piperidine rings is 1. The number of hydrogen-bond donors (Lipinski definition) is 1. The molecular weight excluding hydrogens is 440 g/mol. The lowest BCUT2D eigenvalue weighted by molar-refractivity contribution is -0.120. The van der Waals surface area contributed by atoms with E-state index in [9.17, 15) is 18.0 Å². The Bertz CT molecular complexity index is 1140. The highest BCUT2D eigenvalue weighted by Gasteiger charge is 2.32. The molecule has 0 atom stereocenters. The number of carbonyl (C=O) groups excluding carboxylic acids is 2. The topological polar surface area (TPSA) is 92.8 Å². The van der Waals surface area contributed by atoms with Crippen molar-refractivity contribution in [3.63, 3.8) is 0 Å². The molecule has 0 aromatic heterocycles. The van der Waals surface area contributed by atoms with E-state index in [0.29, 0.717) is 29.8 Å². The molecule has 0 radical (unpaired) electrons. The number of Topliss-reactive ketones (excluding diaryl/α,β-unsaturated/α-hetero) is 1. The number of sulfonamides is 1. The van der Waals surface area contributed by atoms with Crippen LogP contribution in [0.5, 0.6) is 5.75 Å². The number of benzene rings is 2. The maximum Gasteiger partial charge on any atom is 0.243 e. The van der Waals surface area contributed by atoms with Crippen LogP contribution in [-0.2, 0) is 20.2 Å². The van der Waals surface area contributed by atoms with Gasteiger partial charge in [0.05, 0.1) is 17.7 Å². The third kappa shape index (κ3) is 5.62. The smallest absolute Gasteiger partial charge is 0.243 e. The van der Waals surface area contributed by atoms with Crippen molar-refractivity contribution < 1.29 is 22.7 Å². The molecule has 33 heavy (non-hydrogen) atoms. The highest BCUT2D eigenvalue weighted by atomic mass is 32.2. The lowest BCUT2D eigenvalue weighted by Crippen LogP contribution is -2.41. The molecular formula is C25H32N2O5S. The second kappa shape index (κ2) is 9.65. The number of nitrogens with one attached hydrogen (secondary N) is 1. The molecule has 0 aliphatic carbocycles. The summed E-state index contributed by atoms with van der Waals surface area (Å²) >= 11 is 0. The van der Waals surface area contributed by atoms with Crippen molar-refractivity contribution in [1.82, 2.24) is 4.31 Å². The number of methoxy groups -OCH3 is 1. The average molecular weight is 473 g/mol. The zero-order valence-corrected chi connectivity index (χ0v) is 20.7. The van der Waals surface area contributed by atoms with E-state index >= 15 is 0 Å². The van der Waals surface area contributed by atoms with Gasteiger partial charge in [0.15, 0.2) is 5.78 Å². The van der Waals surface area contributed by atoms with Gasteiger partial charge in [-0.25, -0.2) is 8.42 Å². The fourth-order valence-corrected chi connectivity index (χ4v) is 5.41. The Balaban J connectivity index is 1.69. The van der Waals surface area contributed by atoms with Crippen LogP contribution in [0.2, 0.25) is 0 Å². The molecule has 1 saturated heterocycles. The van der Waals surface area contributed by atoms with E-state index in [1.807, 2.05) is 18.2 Å². The van der Waals surface area contributed by atoms with Crippen molar-refractivity contribution in [3.05, 3.63) is 53.6 Å². The summed E-state index contributed by atoms with van der Waals surface area (Å²) in [6, 6.07) is 11.8. The third-order valence-electron chi connectivity index (χ3n) is 6.03. The highest BCUT2D eigenvalue weighted by molar-refractivity contribution is 7.89. The van der Waals surface area contributed by atoms with Crippen LogP contribution in [0.4, 0.5) is 5.69 Å². The van der Waals surface area contributed by atoms with E-state index in [1.165, 1.54) is 23.4 Å². The number of rotatable bonds is 6. The maximum absolute atomic E-state index is 13.0. The van der Waals surface area contributed by atoms with Crippen LogP contribution >= 0.6 is 0 Å². The van der Waals surface area contributed by atoms with Crippen LogP contribution in [0.3, 0.4) is 0 Å². The molecule has 7 nitrogen and oxygen atoms in total. The SMILES string of the molecule is COc1ccc(C(C)(C)C)cc1NC(=O)C1CCN(S(=O)(=O)c2cccc(C(C)=O)c2)CC1. The van der Waals surface area contributed by atoms with Crippen molar-refractivity contribution >= 4 is 27.4 Å². The summed E-state index contributed by atoms with van der Waals surface area (Å²) in [5.41, 5.74) is 1.97. The third-order valence-corrected chi connectivity index (χ3v) is 7.92. The van der Waals surface area contributed by atoms with Crippen LogP contribution in [0.25, 0.3) is 0 Å². The monoisotopic (exact) mass is 472 g/mol. The Morgan fingerprint density at radius 2 is 1.73 bits per heavy atom. The molecule has 1 aliphatic rings. The standard InChI is InChI=1S/C25H32N2O5S/c1-17(28)19-7-6-8-21(15-19)33(30,31)27-13-11-18(12-14-27)24(29)26-22-16-20(25(2,3)4)9-10-23(22)32-5/h6-10,15-16,18H,11-14H2,1-5H3,(H,26,29). The van der Waals surface area contributed by atoms with Crippen LogP contribution in [0.1, 0.15) is 56.5 Å². The fourth-order valence-electron chi connectivity index (χ4n) is 3.89. The summed E-state index contributed by atoms with van der Waals surface area (Å²) in [4.78, 5) is 24.7. The van der Waals surface area contributed by atoms with Crippen LogP contribution < -0.4 is 10.1 Å². The molecule has 0 saturated carbocycles. The maximum atomic E-state index is 13.0. The quantitative estimate of drug-likeness (QED) is 0.635. The molecule has 0 bridgehead atoms. The zero-order chi connectivity index (χ0) is 24.4. The second-order valence-electron chi connectivity index (χ2n) is 9.42. The number of carbonyl (C=O) groups is 2. The van der Waals surface area contributed by atoms with Crippen molar-refractivity contribution in [1.29, 1.82) is 0 Å². The average Bonchev–Trinajstić information content (AvgIpc) is 2.78. The van der Waals surface area contributed by atoms with Gasteiger partial charge in [0.2, 0.25) is 15.9 Å². The molecule has 0 spiro atoms. The van der Waals surface area contributed by atoms with Gasteiger partial charge in [-0.15, -0.1) is 0 Å². The molecule has 2 aromatic rings. The van der Waals surface area contributed by atoms with Crippen molar-refractivity contribution in [3.8, 4) is 5.75 Å². The Hall–Kier alpha value is -2.71. The first-order valence-corrected chi connectivity index (χ1v) is 12.5. The number of ketones is 1. The van der Waals surface area contributed by atoms with Crippen molar-refractivity contribution in [2.24, 2.45) is 5.92 Å². The van der Waals surface area contributed by atoms with Crippen LogP contribution in [0, 0.1) is 5.92 Å². The van der Waals surface area contributed by atoms with Crippen LogP contribution in [-0.4, -0.2) is 44.6 Å². The summed E-state index contributed by atoms with van der Waals surface area (Å²) in [6.07, 6.45) is 0.831. The van der Waals surface area contributed by atoms with Crippen molar-refractivity contribution in [2.75, 3.05) is 25.5 Å². The molecule has 1 heterocycles. The summed E-state index contributed by atoms with van der Waals surface area (Å²) in [7, 11) is -2.17. The molecule has 1 N–H and O–H groups in total. The summed E-state index contributed by atoms with van der Waals surface area (Å²) in [5, 5.41) is 2.98. The predicted molar refractivity (Wildman–Crippen MR) is 128 cm³/mol. The minimum atomic E-state index is -3.73. The Morgan fingerprint density at radius 1 is 1.06 bits per heavy atom. The first-order chi connectivity index (χ1) is 15.4. The normalized spacial score (nSPS) is 15.8. The molecule has 1 aliphatic heterocycles. The molecule has 178 valence electrons. The van der Waals surface area contributed by atoms with Gasteiger partial charge < -0.3 is 10.1 Å². The number of hydrogen-bond acceptors (Lipinski definition) is 5. The van der Waals surface area contributed by atoms with E-state index in [4.69, 9.17) is 4.74 Å². The summed E-state index contributed by atoms with van der Waals surface area (Å²) in [6.45, 7) is 8.18. The number of amides is 1. The zero-order valence-electron chi connectivity index (χ0n) is 19.8. The van der Waals surface area contributed by atoms with Gasteiger partial charge in [-0.05, 0) is 55.0 Å². The Kier molecular flexibility index (Phi) is 7.29. The van der Waals surface area contributed by atoms with E-state index in [1.54, 1.807) is 19.2 Å². The van der Waals surface area contributed by atoms with Gasteiger partial charge in [-0.1, -0.05) is 39.0 Å². The fraction of sp³-hybridized carbons (Fsp3) is 0.440. The van der Waals surface area contributed by atoms with Crippen LogP contribution in [0.15, 0.2) is 47.4 Å². The highest BCUT2D eigenvalue weighted by Crippen LogP contribution is 2.32. The minimum Gasteiger partial charge on any atom is -0.495 e. The van der Waals surface area contributed by atoms with Gasteiger partial charge in [-0.3, -0.25) is 9.59 Å². The largest absolute Gasteiger partial charge is 0.495 e. The van der Waals surface area contributed by atoms with Crippen molar-refractivity contribution in [2.45, 2.75) is 50.8 Å². The number of nitrogens with zero attached hydrogens (tertiary/aromatic N) is 1. The van der Waals surface area contributed by atoms with E-state index in [0.717, 1.165) is 5.56 Å².